The Hall–Kier alpha value is -4.26. The second-order valence-corrected chi connectivity index (χ2v) is 7.11. The molecule has 5 rings (SSSR count). The van der Waals surface area contributed by atoms with Gasteiger partial charge >= 0.3 is 0 Å². The number of rotatable bonds is 4. The Labute approximate surface area is 177 Å². The Morgan fingerprint density at radius 3 is 2.52 bits per heavy atom. The summed E-state index contributed by atoms with van der Waals surface area (Å²) in [6.45, 7) is 1.74. The molecule has 6 nitrogen and oxygen atoms in total. The van der Waals surface area contributed by atoms with E-state index in [0.717, 1.165) is 16.7 Å². The van der Waals surface area contributed by atoms with Gasteiger partial charge in [0.1, 0.15) is 17.8 Å². The van der Waals surface area contributed by atoms with E-state index in [1.165, 1.54) is 16.9 Å². The second-order valence-electron chi connectivity index (χ2n) is 7.11. The number of hydrogen-bond donors (Lipinski definition) is 1. The fraction of sp³-hybridized carbons (Fsp3) is 0.0417. The minimum Gasteiger partial charge on any atom is -0.322 e. The zero-order chi connectivity index (χ0) is 21.4. The number of halogens is 1. The Kier molecular flexibility index (Phi) is 4.55. The Morgan fingerprint density at radius 1 is 0.968 bits per heavy atom. The van der Waals surface area contributed by atoms with Crippen LogP contribution in [0.15, 0.2) is 85.3 Å². The summed E-state index contributed by atoms with van der Waals surface area (Å²) in [5.41, 5.74) is 4.76. The zero-order valence-corrected chi connectivity index (χ0v) is 16.7. The number of benzene rings is 3. The first-order valence-electron chi connectivity index (χ1n) is 9.75. The molecule has 1 N–H and O–H groups in total. The van der Waals surface area contributed by atoms with Crippen molar-refractivity contribution in [3.8, 4) is 11.4 Å². The molecule has 3 aromatic carbocycles. The lowest BCUT2D eigenvalue weighted by atomic mass is 10.2. The van der Waals surface area contributed by atoms with E-state index in [4.69, 9.17) is 0 Å². The van der Waals surface area contributed by atoms with E-state index in [9.17, 15) is 9.18 Å². The minimum atomic E-state index is -0.400. The van der Waals surface area contributed by atoms with Crippen molar-refractivity contribution in [2.45, 2.75) is 6.92 Å². The second kappa shape index (κ2) is 7.53. The maximum absolute atomic E-state index is 14.1. The lowest BCUT2D eigenvalue weighted by Gasteiger charge is -2.09. The highest BCUT2D eigenvalue weighted by atomic mass is 19.1. The van der Waals surface area contributed by atoms with Gasteiger partial charge in [0, 0.05) is 11.4 Å². The van der Waals surface area contributed by atoms with E-state index >= 15 is 0 Å². The molecule has 0 radical (unpaired) electrons. The molecule has 0 atom stereocenters. The van der Waals surface area contributed by atoms with Crippen LogP contribution in [-0.4, -0.2) is 25.2 Å². The number of carbonyl (C=O) groups is 1. The molecule has 152 valence electrons. The van der Waals surface area contributed by atoms with Crippen LogP contribution in [0.2, 0.25) is 0 Å². The number of carbonyl (C=O) groups excluding carboxylic acids is 1. The van der Waals surface area contributed by atoms with E-state index in [1.807, 2.05) is 53.1 Å². The standard InChI is InChI=1S/C24H18FN5O/c1-16-19(14-27-30(16)22-8-4-2-6-20(22)25)24(31)28-17-10-12-18(13-11-17)29-15-26-21-7-3-5-9-23(21)29/h2-15H,1H3,(H,28,31). The number of fused-ring (bicyclic) bond motifs is 1. The van der Waals surface area contributed by atoms with E-state index in [2.05, 4.69) is 15.4 Å². The zero-order valence-electron chi connectivity index (χ0n) is 16.7. The number of imidazole rings is 1. The van der Waals surface area contributed by atoms with Crippen molar-refractivity contribution in [2.24, 2.45) is 0 Å². The summed E-state index contributed by atoms with van der Waals surface area (Å²) in [4.78, 5) is 17.2. The molecule has 0 bridgehead atoms. The van der Waals surface area contributed by atoms with Crippen molar-refractivity contribution in [3.63, 3.8) is 0 Å². The molecule has 2 aromatic heterocycles. The molecule has 0 saturated heterocycles. The van der Waals surface area contributed by atoms with Crippen molar-refractivity contribution in [2.75, 3.05) is 5.32 Å². The predicted molar refractivity (Wildman–Crippen MR) is 117 cm³/mol. The highest BCUT2D eigenvalue weighted by molar-refractivity contribution is 6.05. The molecule has 1 amide bonds. The summed E-state index contributed by atoms with van der Waals surface area (Å²) in [6, 6.07) is 21.7. The largest absolute Gasteiger partial charge is 0.322 e. The average molecular weight is 411 g/mol. The number of nitrogens with zero attached hydrogens (tertiary/aromatic N) is 4. The van der Waals surface area contributed by atoms with Gasteiger partial charge in [0.05, 0.1) is 28.5 Å². The Bertz CT molecular complexity index is 1400. The van der Waals surface area contributed by atoms with E-state index in [1.54, 1.807) is 31.5 Å². The lowest BCUT2D eigenvalue weighted by molar-refractivity contribution is 0.102. The monoisotopic (exact) mass is 411 g/mol. The smallest absolute Gasteiger partial charge is 0.259 e. The van der Waals surface area contributed by atoms with E-state index in [-0.39, 0.29) is 5.91 Å². The molecular formula is C24H18FN5O. The van der Waals surface area contributed by atoms with Crippen molar-refractivity contribution in [1.29, 1.82) is 0 Å². The number of nitrogens with one attached hydrogen (secondary N) is 1. The van der Waals surface area contributed by atoms with Gasteiger partial charge in [-0.05, 0) is 55.5 Å². The summed E-state index contributed by atoms with van der Waals surface area (Å²) < 4.78 is 17.5. The van der Waals surface area contributed by atoms with Gasteiger partial charge in [0.15, 0.2) is 0 Å². The summed E-state index contributed by atoms with van der Waals surface area (Å²) in [6.07, 6.45) is 3.22. The van der Waals surface area contributed by atoms with Crippen LogP contribution in [0.3, 0.4) is 0 Å². The summed E-state index contributed by atoms with van der Waals surface area (Å²) in [5.74, 6) is -0.704. The van der Waals surface area contributed by atoms with Crippen LogP contribution in [-0.2, 0) is 0 Å². The Balaban J connectivity index is 1.37. The van der Waals surface area contributed by atoms with E-state index in [0.29, 0.717) is 22.6 Å². The van der Waals surface area contributed by atoms with Gasteiger partial charge in [0.2, 0.25) is 0 Å². The van der Waals surface area contributed by atoms with Gasteiger partial charge in [-0.2, -0.15) is 5.10 Å². The predicted octanol–water partition coefficient (Wildman–Crippen LogP) is 4.91. The van der Waals surface area contributed by atoms with Gasteiger partial charge in [-0.25, -0.2) is 14.1 Å². The third-order valence-electron chi connectivity index (χ3n) is 5.19. The normalized spacial score (nSPS) is 11.0. The highest BCUT2D eigenvalue weighted by Gasteiger charge is 2.17. The van der Waals surface area contributed by atoms with Gasteiger partial charge in [-0.15, -0.1) is 0 Å². The van der Waals surface area contributed by atoms with Gasteiger partial charge in [-0.3, -0.25) is 9.36 Å². The molecule has 2 heterocycles. The quantitative estimate of drug-likeness (QED) is 0.457. The first kappa shape index (κ1) is 18.7. The molecule has 0 aliphatic carbocycles. The van der Waals surface area contributed by atoms with Crippen molar-refractivity contribution >= 4 is 22.6 Å². The third kappa shape index (κ3) is 3.36. The van der Waals surface area contributed by atoms with Gasteiger partial charge in [0.25, 0.3) is 5.91 Å². The number of hydrogen-bond acceptors (Lipinski definition) is 3. The number of para-hydroxylation sites is 3. The lowest BCUT2D eigenvalue weighted by Crippen LogP contribution is -2.13. The Morgan fingerprint density at radius 2 is 1.71 bits per heavy atom. The fourth-order valence-electron chi connectivity index (χ4n) is 3.57. The highest BCUT2D eigenvalue weighted by Crippen LogP contribution is 2.21. The van der Waals surface area contributed by atoms with Crippen molar-refractivity contribution in [1.82, 2.24) is 19.3 Å². The van der Waals surface area contributed by atoms with E-state index < -0.39 is 5.82 Å². The van der Waals surface area contributed by atoms with Crippen LogP contribution in [0, 0.1) is 12.7 Å². The van der Waals surface area contributed by atoms with Crippen molar-refractivity contribution < 1.29 is 9.18 Å². The van der Waals surface area contributed by atoms with Crippen LogP contribution in [0.4, 0.5) is 10.1 Å². The minimum absolute atomic E-state index is 0.302. The maximum atomic E-state index is 14.1. The van der Waals surface area contributed by atoms with Crippen LogP contribution in [0.5, 0.6) is 0 Å². The number of aromatic nitrogens is 4. The molecular weight excluding hydrogens is 393 g/mol. The number of anilines is 1. The molecule has 0 aliphatic heterocycles. The molecule has 5 aromatic rings. The van der Waals surface area contributed by atoms with Crippen LogP contribution in [0.25, 0.3) is 22.4 Å². The summed E-state index contributed by atoms with van der Waals surface area (Å²) in [5, 5.41) is 7.07. The fourth-order valence-corrected chi connectivity index (χ4v) is 3.57. The molecule has 7 heteroatoms. The molecule has 0 fully saturated rings. The topological polar surface area (TPSA) is 64.7 Å². The molecule has 0 aliphatic rings. The number of amides is 1. The van der Waals surface area contributed by atoms with Gasteiger partial charge in [-0.1, -0.05) is 24.3 Å². The van der Waals surface area contributed by atoms with Crippen LogP contribution in [0.1, 0.15) is 16.1 Å². The summed E-state index contributed by atoms with van der Waals surface area (Å²) in [7, 11) is 0. The molecule has 31 heavy (non-hydrogen) atoms. The molecule has 0 unspecified atom stereocenters. The summed E-state index contributed by atoms with van der Waals surface area (Å²) >= 11 is 0. The van der Waals surface area contributed by atoms with Crippen LogP contribution < -0.4 is 5.32 Å². The third-order valence-corrected chi connectivity index (χ3v) is 5.19. The van der Waals surface area contributed by atoms with Gasteiger partial charge < -0.3 is 5.32 Å². The SMILES string of the molecule is Cc1c(C(=O)Nc2ccc(-n3cnc4ccccc43)cc2)cnn1-c1ccccc1F. The molecule has 0 saturated carbocycles. The van der Waals surface area contributed by atoms with Crippen LogP contribution >= 0.6 is 0 Å². The first-order chi connectivity index (χ1) is 15.1. The maximum Gasteiger partial charge on any atom is 0.259 e. The van der Waals surface area contributed by atoms with Crippen molar-refractivity contribution in [3.05, 3.63) is 102 Å². The average Bonchev–Trinajstić information content (AvgIpc) is 3.38. The molecule has 0 spiro atoms. The first-order valence-corrected chi connectivity index (χ1v) is 9.75.